The highest BCUT2D eigenvalue weighted by Gasteiger charge is 2.04. The first-order valence-electron chi connectivity index (χ1n) is 6.42. The van der Waals surface area contributed by atoms with Crippen molar-refractivity contribution >= 4 is 23.5 Å². The number of nitrogens with one attached hydrogen (secondary N) is 1. The van der Waals surface area contributed by atoms with Gasteiger partial charge in [0.25, 0.3) is 5.91 Å². The molecule has 21 heavy (non-hydrogen) atoms. The minimum Gasteiger partial charge on any atom is -0.490 e. The van der Waals surface area contributed by atoms with Gasteiger partial charge in [-0.2, -0.15) is 5.10 Å². The van der Waals surface area contributed by atoms with E-state index >= 15 is 0 Å². The molecule has 0 aliphatic heterocycles. The maximum atomic E-state index is 11.9. The molecule has 2 aromatic rings. The van der Waals surface area contributed by atoms with Gasteiger partial charge in [-0.3, -0.25) is 4.79 Å². The number of hydrogen-bond donors (Lipinski definition) is 1. The van der Waals surface area contributed by atoms with Gasteiger partial charge in [0.2, 0.25) is 0 Å². The van der Waals surface area contributed by atoms with Crippen molar-refractivity contribution in [3.05, 3.63) is 64.4 Å². The second kappa shape index (κ2) is 7.40. The summed E-state index contributed by atoms with van der Waals surface area (Å²) in [6.07, 6.45) is 3.30. The van der Waals surface area contributed by atoms with Gasteiger partial charge >= 0.3 is 0 Å². The van der Waals surface area contributed by atoms with E-state index in [1.165, 1.54) is 4.88 Å². The van der Waals surface area contributed by atoms with E-state index in [2.05, 4.69) is 17.1 Å². The van der Waals surface area contributed by atoms with Crippen molar-refractivity contribution in [2.24, 2.45) is 5.10 Å². The zero-order valence-electron chi connectivity index (χ0n) is 11.7. The average molecular weight is 300 g/mol. The van der Waals surface area contributed by atoms with Crippen LogP contribution in [-0.4, -0.2) is 18.7 Å². The van der Waals surface area contributed by atoms with Crippen molar-refractivity contribution in [1.29, 1.82) is 0 Å². The second-order valence-electron chi connectivity index (χ2n) is 4.27. The van der Waals surface area contributed by atoms with Crippen molar-refractivity contribution in [3.8, 4) is 5.75 Å². The second-order valence-corrected chi connectivity index (χ2v) is 5.59. The molecule has 1 N–H and O–H groups in total. The van der Waals surface area contributed by atoms with E-state index in [0.717, 1.165) is 4.88 Å². The van der Waals surface area contributed by atoms with E-state index in [9.17, 15) is 4.79 Å². The smallest absolute Gasteiger partial charge is 0.271 e. The van der Waals surface area contributed by atoms with Crippen LogP contribution in [0.1, 0.15) is 20.1 Å². The zero-order valence-corrected chi connectivity index (χ0v) is 12.5. The summed E-state index contributed by atoms with van der Waals surface area (Å²) >= 11 is 1.62. The minimum absolute atomic E-state index is 0.255. The first-order chi connectivity index (χ1) is 10.2. The van der Waals surface area contributed by atoms with Crippen LogP contribution in [0.2, 0.25) is 0 Å². The van der Waals surface area contributed by atoms with Crippen LogP contribution >= 0.6 is 11.3 Å². The summed E-state index contributed by atoms with van der Waals surface area (Å²) in [5.41, 5.74) is 3.03. The van der Waals surface area contributed by atoms with Gasteiger partial charge in [0.15, 0.2) is 0 Å². The Morgan fingerprint density at radius 2 is 2.10 bits per heavy atom. The third-order valence-electron chi connectivity index (χ3n) is 2.60. The van der Waals surface area contributed by atoms with E-state index in [0.29, 0.717) is 17.9 Å². The number of rotatable bonds is 6. The SMILES string of the molecule is C=CCOc1ccc(C(=O)NN=Cc2ccc(C)s2)cc1. The Morgan fingerprint density at radius 1 is 1.33 bits per heavy atom. The molecule has 108 valence electrons. The lowest BCUT2D eigenvalue weighted by Crippen LogP contribution is -2.17. The summed E-state index contributed by atoms with van der Waals surface area (Å²) in [7, 11) is 0. The normalized spacial score (nSPS) is 10.5. The largest absolute Gasteiger partial charge is 0.490 e. The van der Waals surface area contributed by atoms with Crippen LogP contribution in [0, 0.1) is 6.92 Å². The van der Waals surface area contributed by atoms with Crippen molar-refractivity contribution < 1.29 is 9.53 Å². The molecule has 0 radical (unpaired) electrons. The third-order valence-corrected chi connectivity index (χ3v) is 3.54. The number of ether oxygens (including phenoxy) is 1. The van der Waals surface area contributed by atoms with Crippen molar-refractivity contribution in [2.75, 3.05) is 6.61 Å². The van der Waals surface area contributed by atoms with Gasteiger partial charge in [0.05, 0.1) is 6.21 Å². The number of carbonyl (C=O) groups excluding carboxylic acids is 1. The van der Waals surface area contributed by atoms with Gasteiger partial charge in [-0.15, -0.1) is 11.3 Å². The molecule has 0 saturated carbocycles. The van der Waals surface area contributed by atoms with Gasteiger partial charge in [0, 0.05) is 15.3 Å². The van der Waals surface area contributed by atoms with Gasteiger partial charge in [-0.05, 0) is 43.3 Å². The lowest BCUT2D eigenvalue weighted by Gasteiger charge is -2.04. The van der Waals surface area contributed by atoms with Crippen LogP contribution in [0.5, 0.6) is 5.75 Å². The number of hydrogen-bond acceptors (Lipinski definition) is 4. The highest BCUT2D eigenvalue weighted by atomic mass is 32.1. The molecule has 1 aromatic carbocycles. The van der Waals surface area contributed by atoms with Crippen LogP contribution in [0.3, 0.4) is 0 Å². The summed E-state index contributed by atoms with van der Waals surface area (Å²) in [5.74, 6) is 0.443. The van der Waals surface area contributed by atoms with E-state index in [4.69, 9.17) is 4.74 Å². The Morgan fingerprint density at radius 3 is 2.71 bits per heavy atom. The van der Waals surface area contributed by atoms with Gasteiger partial charge in [0.1, 0.15) is 12.4 Å². The fourth-order valence-corrected chi connectivity index (χ4v) is 2.35. The molecule has 0 bridgehead atoms. The van der Waals surface area contributed by atoms with Gasteiger partial charge < -0.3 is 4.74 Å². The van der Waals surface area contributed by atoms with E-state index in [1.54, 1.807) is 47.9 Å². The maximum absolute atomic E-state index is 11.9. The molecule has 0 atom stereocenters. The maximum Gasteiger partial charge on any atom is 0.271 e. The highest BCUT2D eigenvalue weighted by molar-refractivity contribution is 7.13. The molecule has 1 aromatic heterocycles. The molecule has 0 fully saturated rings. The average Bonchev–Trinajstić information content (AvgIpc) is 2.91. The minimum atomic E-state index is -0.255. The van der Waals surface area contributed by atoms with Crippen LogP contribution < -0.4 is 10.2 Å². The van der Waals surface area contributed by atoms with Crippen LogP contribution in [-0.2, 0) is 0 Å². The van der Waals surface area contributed by atoms with Crippen LogP contribution in [0.4, 0.5) is 0 Å². The Kier molecular flexibility index (Phi) is 5.29. The van der Waals surface area contributed by atoms with E-state index in [1.807, 2.05) is 19.1 Å². The topological polar surface area (TPSA) is 50.7 Å². The molecule has 4 nitrogen and oxygen atoms in total. The molecule has 5 heteroatoms. The number of carbonyl (C=O) groups is 1. The molecular formula is C16H16N2O2S. The Hall–Kier alpha value is -2.40. The van der Waals surface area contributed by atoms with E-state index < -0.39 is 0 Å². The molecule has 0 saturated heterocycles. The van der Waals surface area contributed by atoms with E-state index in [-0.39, 0.29) is 5.91 Å². The molecule has 0 aliphatic rings. The van der Waals surface area contributed by atoms with Gasteiger partial charge in [-0.25, -0.2) is 5.43 Å². The first kappa shape index (κ1) is 15.0. The molecular weight excluding hydrogens is 284 g/mol. The number of benzene rings is 1. The number of amides is 1. The van der Waals surface area contributed by atoms with Crippen molar-refractivity contribution in [3.63, 3.8) is 0 Å². The summed E-state index contributed by atoms with van der Waals surface area (Å²) in [4.78, 5) is 14.1. The van der Waals surface area contributed by atoms with Crippen LogP contribution in [0.15, 0.2) is 54.2 Å². The molecule has 1 heterocycles. The summed E-state index contributed by atoms with van der Waals surface area (Å²) in [5, 5.41) is 3.94. The lowest BCUT2D eigenvalue weighted by molar-refractivity contribution is 0.0955. The summed E-state index contributed by atoms with van der Waals surface area (Å²) < 4.78 is 5.35. The van der Waals surface area contributed by atoms with Crippen LogP contribution in [0.25, 0.3) is 0 Å². The van der Waals surface area contributed by atoms with Crippen molar-refractivity contribution in [1.82, 2.24) is 5.43 Å². The highest BCUT2D eigenvalue weighted by Crippen LogP contribution is 2.13. The zero-order chi connectivity index (χ0) is 15.1. The monoisotopic (exact) mass is 300 g/mol. The molecule has 2 rings (SSSR count). The Labute approximate surface area is 127 Å². The molecule has 0 spiro atoms. The fraction of sp³-hybridized carbons (Fsp3) is 0.125. The van der Waals surface area contributed by atoms with Gasteiger partial charge in [-0.1, -0.05) is 12.7 Å². The summed E-state index contributed by atoms with van der Waals surface area (Å²) in [6, 6.07) is 10.8. The predicted molar refractivity (Wildman–Crippen MR) is 86.3 cm³/mol. The number of nitrogens with zero attached hydrogens (tertiary/aromatic N) is 1. The molecule has 0 aliphatic carbocycles. The third kappa shape index (κ3) is 4.57. The Bertz CT molecular complexity index is 645. The predicted octanol–water partition coefficient (Wildman–Crippen LogP) is 3.39. The van der Waals surface area contributed by atoms with Crippen molar-refractivity contribution in [2.45, 2.75) is 6.92 Å². The quantitative estimate of drug-likeness (QED) is 0.505. The summed E-state index contributed by atoms with van der Waals surface area (Å²) in [6.45, 7) is 6.04. The number of thiophene rings is 1. The standard InChI is InChI=1S/C16H16N2O2S/c1-3-10-20-14-7-5-13(6-8-14)16(19)18-17-11-15-9-4-12(2)21-15/h3-9,11H,1,10H2,2H3,(H,18,19). The molecule has 0 unspecified atom stereocenters. The number of hydrazone groups is 1. The number of aryl methyl sites for hydroxylation is 1. The fourth-order valence-electron chi connectivity index (χ4n) is 1.60. The lowest BCUT2D eigenvalue weighted by atomic mass is 10.2. The Balaban J connectivity index is 1.90. The first-order valence-corrected chi connectivity index (χ1v) is 7.24. The molecule has 1 amide bonds.